The fourth-order valence-corrected chi connectivity index (χ4v) is 10.8. The lowest BCUT2D eigenvalue weighted by molar-refractivity contribution is 1.07. The third-order valence-corrected chi connectivity index (χ3v) is 14.3. The fourth-order valence-electron chi connectivity index (χ4n) is 10.8. The molecule has 0 amide bonds. The van der Waals surface area contributed by atoms with Gasteiger partial charge in [-0.25, -0.2) is 15.0 Å². The zero-order valence-electron chi connectivity index (χ0n) is 40.2. The van der Waals surface area contributed by atoms with E-state index in [4.69, 9.17) is 15.0 Å². The lowest BCUT2D eigenvalue weighted by atomic mass is 10.0. The number of hydrogen-bond acceptors (Lipinski definition) is 3. The Balaban J connectivity index is 1.11. The molecule has 3 heterocycles. The quantitative estimate of drug-likeness (QED) is 0.145. The summed E-state index contributed by atoms with van der Waals surface area (Å²) in [5.41, 5.74) is 18.2. The summed E-state index contributed by atoms with van der Waals surface area (Å²) in [6.07, 6.45) is 0. The van der Waals surface area contributed by atoms with Gasteiger partial charge >= 0.3 is 0 Å². The Labute approximate surface area is 428 Å². The van der Waals surface area contributed by atoms with Crippen molar-refractivity contribution in [3.63, 3.8) is 0 Å². The van der Waals surface area contributed by atoms with Crippen LogP contribution in [0, 0.1) is 0 Å². The number of nitrogens with zero attached hydrogens (tertiary/aromatic N) is 5. The van der Waals surface area contributed by atoms with E-state index in [1.54, 1.807) is 0 Å². The summed E-state index contributed by atoms with van der Waals surface area (Å²) in [5.74, 6) is 1.79. The van der Waals surface area contributed by atoms with Gasteiger partial charge in [0, 0.05) is 49.6 Å². The minimum Gasteiger partial charge on any atom is -0.309 e. The molecule has 0 saturated heterocycles. The summed E-state index contributed by atoms with van der Waals surface area (Å²) in [6, 6.07) is 97.5. The standard InChI is InChI=1S/C69H45N5/c1-7-19-46(20-8-1)52-31-35-59-60-36-32-53(47-21-9-2-10-22-47)42-64(60)73(63(59)41-52)57-39-56(69-71-67(50-27-15-5-16-28-50)70-68(72-69)51-29-17-6-18-30-51)40-58(45-57)74-65-43-54(48-23-11-3-12-24-48)33-37-61(65)62-38-34-55(44-66(62)74)49-25-13-4-14-26-49/h1-45H. The Morgan fingerprint density at radius 3 is 0.703 bits per heavy atom. The Bertz CT molecular complexity index is 3910. The molecule has 0 spiro atoms. The summed E-state index contributed by atoms with van der Waals surface area (Å²) in [6.45, 7) is 0. The van der Waals surface area contributed by atoms with Crippen LogP contribution in [0.15, 0.2) is 273 Å². The van der Waals surface area contributed by atoms with Crippen LogP contribution in [-0.4, -0.2) is 24.1 Å². The van der Waals surface area contributed by atoms with E-state index < -0.39 is 0 Å². The molecule has 0 saturated carbocycles. The van der Waals surface area contributed by atoms with Gasteiger partial charge in [-0.05, 0) is 87.0 Å². The average Bonchev–Trinajstić information content (AvgIpc) is 3.99. The molecule has 0 unspecified atom stereocenters. The van der Waals surface area contributed by atoms with Crippen LogP contribution in [0.1, 0.15) is 0 Å². The van der Waals surface area contributed by atoms with Crippen molar-refractivity contribution in [3.05, 3.63) is 273 Å². The highest BCUT2D eigenvalue weighted by Crippen LogP contribution is 2.42. The first-order chi connectivity index (χ1) is 36.7. The summed E-state index contributed by atoms with van der Waals surface area (Å²) in [4.78, 5) is 15.9. The van der Waals surface area contributed by atoms with E-state index in [2.05, 4.69) is 246 Å². The van der Waals surface area contributed by atoms with Crippen molar-refractivity contribution in [2.45, 2.75) is 0 Å². The van der Waals surface area contributed by atoms with E-state index in [-0.39, 0.29) is 0 Å². The van der Waals surface area contributed by atoms with Crippen molar-refractivity contribution < 1.29 is 0 Å². The predicted octanol–water partition coefficient (Wildman–Crippen LogP) is 17.7. The highest BCUT2D eigenvalue weighted by Gasteiger charge is 2.22. The zero-order chi connectivity index (χ0) is 49.0. The predicted molar refractivity (Wildman–Crippen MR) is 307 cm³/mol. The van der Waals surface area contributed by atoms with E-state index in [9.17, 15) is 0 Å². The van der Waals surface area contributed by atoms with E-state index in [1.165, 1.54) is 21.5 Å². The molecule has 0 fully saturated rings. The number of rotatable bonds is 9. The van der Waals surface area contributed by atoms with Crippen molar-refractivity contribution in [1.29, 1.82) is 0 Å². The molecule has 0 N–H and O–H groups in total. The summed E-state index contributed by atoms with van der Waals surface area (Å²) in [5, 5.41) is 4.67. The highest BCUT2D eigenvalue weighted by atomic mass is 15.0. The summed E-state index contributed by atoms with van der Waals surface area (Å²) < 4.78 is 4.90. The Kier molecular flexibility index (Phi) is 10.4. The van der Waals surface area contributed by atoms with E-state index >= 15 is 0 Å². The molecule has 11 aromatic carbocycles. The normalized spacial score (nSPS) is 11.5. The molecular formula is C69H45N5. The first-order valence-corrected chi connectivity index (χ1v) is 25.1. The monoisotopic (exact) mass is 943 g/mol. The second-order valence-electron chi connectivity index (χ2n) is 18.8. The number of fused-ring (bicyclic) bond motifs is 6. The topological polar surface area (TPSA) is 48.5 Å². The minimum absolute atomic E-state index is 0.576. The summed E-state index contributed by atoms with van der Waals surface area (Å²) >= 11 is 0. The molecule has 346 valence electrons. The maximum Gasteiger partial charge on any atom is 0.164 e. The Hall–Kier alpha value is -9.97. The average molecular weight is 944 g/mol. The van der Waals surface area contributed by atoms with Gasteiger partial charge in [-0.15, -0.1) is 0 Å². The van der Waals surface area contributed by atoms with Crippen molar-refractivity contribution in [2.24, 2.45) is 0 Å². The molecule has 3 aromatic heterocycles. The molecule has 0 aliphatic rings. The largest absolute Gasteiger partial charge is 0.309 e. The van der Waals surface area contributed by atoms with Crippen LogP contribution >= 0.6 is 0 Å². The van der Waals surface area contributed by atoms with Crippen molar-refractivity contribution in [2.75, 3.05) is 0 Å². The molecule has 0 bridgehead atoms. The number of hydrogen-bond donors (Lipinski definition) is 0. The van der Waals surface area contributed by atoms with Crippen molar-refractivity contribution in [1.82, 2.24) is 24.1 Å². The zero-order valence-corrected chi connectivity index (χ0v) is 40.2. The van der Waals surface area contributed by atoms with Crippen molar-refractivity contribution >= 4 is 43.6 Å². The first-order valence-electron chi connectivity index (χ1n) is 25.1. The van der Waals surface area contributed by atoms with Crippen LogP contribution in [-0.2, 0) is 0 Å². The van der Waals surface area contributed by atoms with Gasteiger partial charge in [0.25, 0.3) is 0 Å². The van der Waals surface area contributed by atoms with Gasteiger partial charge in [0.2, 0.25) is 0 Å². The molecule has 0 atom stereocenters. The Morgan fingerprint density at radius 2 is 0.432 bits per heavy atom. The highest BCUT2D eigenvalue weighted by molar-refractivity contribution is 6.13. The van der Waals surface area contributed by atoms with Gasteiger partial charge in [-0.3, -0.25) is 0 Å². The molecule has 0 aliphatic carbocycles. The molecule has 14 aromatic rings. The molecule has 74 heavy (non-hydrogen) atoms. The van der Waals surface area contributed by atoms with Gasteiger partial charge in [-0.1, -0.05) is 231 Å². The lowest BCUT2D eigenvalue weighted by Crippen LogP contribution is -2.03. The summed E-state index contributed by atoms with van der Waals surface area (Å²) in [7, 11) is 0. The van der Waals surface area contributed by atoms with Crippen LogP contribution in [0.4, 0.5) is 0 Å². The lowest BCUT2D eigenvalue weighted by Gasteiger charge is -2.17. The maximum absolute atomic E-state index is 5.37. The smallest absolute Gasteiger partial charge is 0.164 e. The fraction of sp³-hybridized carbons (Fsp3) is 0. The van der Waals surface area contributed by atoms with E-state index in [1.807, 2.05) is 36.4 Å². The van der Waals surface area contributed by atoms with Crippen LogP contribution in [0.25, 0.3) is 134 Å². The van der Waals surface area contributed by atoms with Gasteiger partial charge in [0.1, 0.15) is 0 Å². The first kappa shape index (κ1) is 42.9. The van der Waals surface area contributed by atoms with E-state index in [0.29, 0.717) is 17.5 Å². The minimum atomic E-state index is 0.576. The van der Waals surface area contributed by atoms with Gasteiger partial charge in [-0.2, -0.15) is 0 Å². The second kappa shape index (κ2) is 18.0. The Morgan fingerprint density at radius 1 is 0.189 bits per heavy atom. The second-order valence-corrected chi connectivity index (χ2v) is 18.8. The molecule has 14 rings (SSSR count). The molecular weight excluding hydrogens is 899 g/mol. The third-order valence-electron chi connectivity index (χ3n) is 14.3. The molecule has 0 radical (unpaired) electrons. The molecule has 5 heteroatoms. The van der Waals surface area contributed by atoms with Crippen LogP contribution in [0.5, 0.6) is 0 Å². The molecule has 5 nitrogen and oxygen atoms in total. The number of aromatic nitrogens is 5. The SMILES string of the molecule is c1ccc(-c2ccc3c4ccc(-c5ccccc5)cc4n(-c4cc(-c5nc(-c6ccccc6)nc(-c6ccccc6)n5)cc(-n5c6cc(-c7ccccc7)ccc6c6ccc(-c7ccccc7)cc65)c4)c3c2)cc1. The third kappa shape index (κ3) is 7.63. The van der Waals surface area contributed by atoms with Gasteiger partial charge in [0.15, 0.2) is 17.5 Å². The van der Waals surface area contributed by atoms with E-state index in [0.717, 1.165) is 94.6 Å². The van der Waals surface area contributed by atoms with Crippen LogP contribution in [0.3, 0.4) is 0 Å². The maximum atomic E-state index is 5.37. The number of benzene rings is 11. The van der Waals surface area contributed by atoms with Gasteiger partial charge < -0.3 is 9.13 Å². The van der Waals surface area contributed by atoms with Crippen LogP contribution < -0.4 is 0 Å². The van der Waals surface area contributed by atoms with Gasteiger partial charge in [0.05, 0.1) is 22.1 Å². The van der Waals surface area contributed by atoms with Crippen LogP contribution in [0.2, 0.25) is 0 Å². The molecule has 0 aliphatic heterocycles. The van der Waals surface area contributed by atoms with Crippen molar-refractivity contribution in [3.8, 4) is 90.0 Å².